The zero-order valence-corrected chi connectivity index (χ0v) is 12.9. The summed E-state index contributed by atoms with van der Waals surface area (Å²) in [7, 11) is 0. The normalized spacial score (nSPS) is 24.1. The molecule has 2 heteroatoms. The number of nitrogens with zero attached hydrogens (tertiary/aromatic N) is 1. The van der Waals surface area contributed by atoms with Crippen molar-refractivity contribution in [1.82, 2.24) is 4.90 Å². The third-order valence-electron chi connectivity index (χ3n) is 5.43. The van der Waals surface area contributed by atoms with Crippen LogP contribution in [0.5, 0.6) is 0 Å². The molecule has 1 saturated carbocycles. The topological polar surface area (TPSA) is 23.5 Å². The van der Waals surface area contributed by atoms with Crippen LogP contribution in [0.2, 0.25) is 0 Å². The molecule has 1 heterocycles. The molecule has 0 bridgehead atoms. The first-order valence-electron chi connectivity index (χ1n) is 8.14. The lowest BCUT2D eigenvalue weighted by atomic mass is 9.82. The van der Waals surface area contributed by atoms with Crippen molar-refractivity contribution in [2.75, 3.05) is 13.1 Å². The molecule has 1 N–H and O–H groups in total. The average Bonchev–Trinajstić information content (AvgIpc) is 3.10. The highest BCUT2D eigenvalue weighted by molar-refractivity contribution is 5.34. The first-order chi connectivity index (χ1) is 9.63. The lowest BCUT2D eigenvalue weighted by molar-refractivity contribution is -0.0198. The molecular weight excluding hydrogens is 246 g/mol. The molecule has 110 valence electrons. The Morgan fingerprint density at radius 1 is 1.05 bits per heavy atom. The molecule has 20 heavy (non-hydrogen) atoms. The van der Waals surface area contributed by atoms with Gasteiger partial charge in [0.1, 0.15) is 0 Å². The third-order valence-corrected chi connectivity index (χ3v) is 5.43. The van der Waals surface area contributed by atoms with Crippen LogP contribution in [0.3, 0.4) is 0 Å². The summed E-state index contributed by atoms with van der Waals surface area (Å²) in [5.74, 6) is 0. The smallest absolute Gasteiger partial charge is 0.0976 e. The van der Waals surface area contributed by atoms with E-state index in [0.717, 1.165) is 18.4 Å². The molecule has 3 rings (SSSR count). The minimum Gasteiger partial charge on any atom is -0.386 e. The van der Waals surface area contributed by atoms with Crippen molar-refractivity contribution in [2.24, 2.45) is 0 Å². The Balaban J connectivity index is 1.94. The maximum Gasteiger partial charge on any atom is 0.0976 e. The van der Waals surface area contributed by atoms with Gasteiger partial charge in [-0.2, -0.15) is 0 Å². The van der Waals surface area contributed by atoms with Crippen molar-refractivity contribution in [3.05, 3.63) is 34.9 Å². The summed E-state index contributed by atoms with van der Waals surface area (Å²) in [6.45, 7) is 6.59. The van der Waals surface area contributed by atoms with Gasteiger partial charge in [-0.25, -0.2) is 0 Å². The summed E-state index contributed by atoms with van der Waals surface area (Å²) in [5, 5.41) is 11.2. The van der Waals surface area contributed by atoms with Gasteiger partial charge in [-0.15, -0.1) is 0 Å². The third kappa shape index (κ3) is 2.29. The lowest BCUT2D eigenvalue weighted by Gasteiger charge is -2.43. The second-order valence-electron chi connectivity index (χ2n) is 6.77. The van der Waals surface area contributed by atoms with Gasteiger partial charge >= 0.3 is 0 Å². The van der Waals surface area contributed by atoms with Gasteiger partial charge in [-0.05, 0) is 63.7 Å². The van der Waals surface area contributed by atoms with Gasteiger partial charge in [0.15, 0.2) is 0 Å². The number of hydrogen-bond acceptors (Lipinski definition) is 2. The van der Waals surface area contributed by atoms with Crippen molar-refractivity contribution >= 4 is 0 Å². The number of rotatable bonds is 3. The molecule has 2 fully saturated rings. The molecule has 1 aliphatic heterocycles. The van der Waals surface area contributed by atoms with E-state index in [1.54, 1.807) is 0 Å². The maximum atomic E-state index is 11.2. The van der Waals surface area contributed by atoms with E-state index in [2.05, 4.69) is 36.9 Å². The highest BCUT2D eigenvalue weighted by Crippen LogP contribution is 2.46. The Bertz CT molecular complexity index is 470. The largest absolute Gasteiger partial charge is 0.386 e. The summed E-state index contributed by atoms with van der Waals surface area (Å²) >= 11 is 0. The fraction of sp³-hybridized carbons (Fsp3) is 0.667. The molecule has 1 atom stereocenters. The van der Waals surface area contributed by atoms with Crippen molar-refractivity contribution in [2.45, 2.75) is 64.0 Å². The highest BCUT2D eigenvalue weighted by atomic mass is 16.3. The van der Waals surface area contributed by atoms with E-state index < -0.39 is 0 Å². The van der Waals surface area contributed by atoms with Gasteiger partial charge in [0, 0.05) is 0 Å². The molecule has 2 aliphatic rings. The summed E-state index contributed by atoms with van der Waals surface area (Å²) in [6, 6.07) is 6.48. The van der Waals surface area contributed by atoms with Crippen LogP contribution in [0.4, 0.5) is 0 Å². The Labute approximate surface area is 122 Å². The predicted octanol–water partition coefficient (Wildman–Crippen LogP) is 3.75. The number of aryl methyl sites for hydroxylation is 2. The van der Waals surface area contributed by atoms with Gasteiger partial charge in [-0.3, -0.25) is 4.90 Å². The SMILES string of the molecule is Cc1ccc(C(O)C2(N3CCCC3)CCCC2)c(C)c1. The summed E-state index contributed by atoms with van der Waals surface area (Å²) in [6.07, 6.45) is 7.09. The van der Waals surface area contributed by atoms with E-state index in [9.17, 15) is 5.11 Å². The fourth-order valence-corrected chi connectivity index (χ4v) is 4.33. The highest BCUT2D eigenvalue weighted by Gasteiger charge is 2.46. The number of likely N-dealkylation sites (tertiary alicyclic amines) is 1. The average molecular weight is 273 g/mol. The molecule has 1 aromatic carbocycles. The monoisotopic (exact) mass is 273 g/mol. The van der Waals surface area contributed by atoms with E-state index in [1.165, 1.54) is 49.9 Å². The molecule has 1 saturated heterocycles. The van der Waals surface area contributed by atoms with E-state index in [-0.39, 0.29) is 11.6 Å². The first kappa shape index (κ1) is 14.1. The number of hydrogen-bond donors (Lipinski definition) is 1. The number of aliphatic hydroxyl groups excluding tert-OH is 1. The molecule has 0 amide bonds. The van der Waals surface area contributed by atoms with Crippen LogP contribution in [-0.4, -0.2) is 28.6 Å². The van der Waals surface area contributed by atoms with Crippen molar-refractivity contribution in [1.29, 1.82) is 0 Å². The summed E-state index contributed by atoms with van der Waals surface area (Å²) in [5.41, 5.74) is 3.67. The maximum absolute atomic E-state index is 11.2. The fourth-order valence-electron chi connectivity index (χ4n) is 4.33. The Kier molecular flexibility index (Phi) is 3.87. The quantitative estimate of drug-likeness (QED) is 0.906. The molecular formula is C18H27NO. The van der Waals surface area contributed by atoms with Crippen LogP contribution in [-0.2, 0) is 0 Å². The van der Waals surface area contributed by atoms with Gasteiger partial charge in [0.25, 0.3) is 0 Å². The van der Waals surface area contributed by atoms with Crippen LogP contribution in [0.15, 0.2) is 18.2 Å². The van der Waals surface area contributed by atoms with Gasteiger partial charge in [0.2, 0.25) is 0 Å². The number of aliphatic hydroxyl groups is 1. The Morgan fingerprint density at radius 2 is 1.70 bits per heavy atom. The number of benzene rings is 1. The van der Waals surface area contributed by atoms with Crippen LogP contribution in [0.1, 0.15) is 61.3 Å². The zero-order valence-electron chi connectivity index (χ0n) is 12.9. The second kappa shape index (κ2) is 5.50. The van der Waals surface area contributed by atoms with Crippen molar-refractivity contribution < 1.29 is 5.11 Å². The van der Waals surface area contributed by atoms with E-state index in [4.69, 9.17) is 0 Å². The zero-order chi connectivity index (χ0) is 14.2. The molecule has 0 spiro atoms. The van der Waals surface area contributed by atoms with E-state index >= 15 is 0 Å². The van der Waals surface area contributed by atoms with Crippen molar-refractivity contribution in [3.8, 4) is 0 Å². The Morgan fingerprint density at radius 3 is 2.30 bits per heavy atom. The molecule has 1 aromatic rings. The predicted molar refractivity (Wildman–Crippen MR) is 82.9 cm³/mol. The summed E-state index contributed by atoms with van der Waals surface area (Å²) < 4.78 is 0. The van der Waals surface area contributed by atoms with Crippen molar-refractivity contribution in [3.63, 3.8) is 0 Å². The van der Waals surface area contributed by atoms with E-state index in [0.29, 0.717) is 0 Å². The van der Waals surface area contributed by atoms with Gasteiger partial charge < -0.3 is 5.11 Å². The molecule has 1 aliphatic carbocycles. The van der Waals surface area contributed by atoms with Crippen LogP contribution in [0.25, 0.3) is 0 Å². The van der Waals surface area contributed by atoms with Gasteiger partial charge in [0.05, 0.1) is 11.6 Å². The Hall–Kier alpha value is -0.860. The van der Waals surface area contributed by atoms with Crippen LogP contribution in [0, 0.1) is 13.8 Å². The minimum atomic E-state index is -0.330. The summed E-state index contributed by atoms with van der Waals surface area (Å²) in [4.78, 5) is 2.59. The second-order valence-corrected chi connectivity index (χ2v) is 6.77. The van der Waals surface area contributed by atoms with Crippen LogP contribution >= 0.6 is 0 Å². The lowest BCUT2D eigenvalue weighted by Crippen LogP contribution is -2.49. The molecule has 0 radical (unpaired) electrons. The van der Waals surface area contributed by atoms with E-state index in [1.807, 2.05) is 0 Å². The van der Waals surface area contributed by atoms with Gasteiger partial charge in [-0.1, -0.05) is 36.6 Å². The van der Waals surface area contributed by atoms with Crippen LogP contribution < -0.4 is 0 Å². The minimum absolute atomic E-state index is 0.0104. The molecule has 1 unspecified atom stereocenters. The standard InChI is InChI=1S/C18H27NO/c1-14-7-8-16(15(2)13-14)17(20)18(9-3-4-10-18)19-11-5-6-12-19/h7-8,13,17,20H,3-6,9-12H2,1-2H3. The molecule has 2 nitrogen and oxygen atoms in total. The molecule has 0 aromatic heterocycles. The first-order valence-corrected chi connectivity index (χ1v) is 8.14.